The molecule has 1 fully saturated rings. The molecule has 2 aliphatic carbocycles. The van der Waals surface area contributed by atoms with Crippen LogP contribution in [0.15, 0.2) is 42.5 Å². The number of aryl methyl sites for hydroxylation is 1. The monoisotopic (exact) mass is 406 g/mol. The second-order valence-electron chi connectivity index (χ2n) is 7.53. The number of nitrogens with one attached hydrogen (secondary N) is 1. The molecule has 2 aliphatic rings. The zero-order valence-electron chi connectivity index (χ0n) is 15.3. The summed E-state index contributed by atoms with van der Waals surface area (Å²) in [5, 5.41) is 2.62. The fourth-order valence-corrected chi connectivity index (χ4v) is 4.26. The molecular weight excluding hydrogens is 388 g/mol. The van der Waals surface area contributed by atoms with Crippen LogP contribution in [-0.2, 0) is 21.5 Å². The quantitative estimate of drug-likeness (QED) is 0.608. The predicted octanol–water partition coefficient (Wildman–Crippen LogP) is 3.68. The topological polar surface area (TPSA) is 49.4 Å². The van der Waals surface area contributed by atoms with Gasteiger partial charge in [0.25, 0.3) is 11.8 Å². The average Bonchev–Trinajstić information content (AvgIpc) is 3.04. The number of anilines is 1. The summed E-state index contributed by atoms with van der Waals surface area (Å²) in [5.74, 6) is -5.67. The molecule has 0 spiro atoms. The number of hydrogen-bond acceptors (Lipinski definition) is 2. The van der Waals surface area contributed by atoms with E-state index in [0.29, 0.717) is 18.4 Å². The standard InChI is InChI=1S/C21H18F4N2O2/c22-17-6-5-15(9-18(17)23)27(12-28)21(8-7-13-3-1-2-4-16(13)21)19(29)26-14-10-20(24,25)11-14/h1-6,9,12,14H,7-8,10-11H2,(H,26,29). The Bertz CT molecular complexity index is 973. The number of fused-ring (bicyclic) bond motifs is 1. The number of benzene rings is 2. The summed E-state index contributed by atoms with van der Waals surface area (Å²) in [4.78, 5) is 26.5. The van der Waals surface area contributed by atoms with E-state index in [1.807, 2.05) is 6.07 Å². The van der Waals surface area contributed by atoms with Crippen molar-refractivity contribution in [3.05, 3.63) is 65.2 Å². The second kappa shape index (κ2) is 6.86. The van der Waals surface area contributed by atoms with Crippen molar-refractivity contribution >= 4 is 18.0 Å². The van der Waals surface area contributed by atoms with E-state index < -0.39 is 47.9 Å². The van der Waals surface area contributed by atoms with Crippen molar-refractivity contribution in [2.75, 3.05) is 4.90 Å². The lowest BCUT2D eigenvalue weighted by Crippen LogP contribution is -2.60. The molecule has 4 nitrogen and oxygen atoms in total. The number of alkyl halides is 2. The normalized spacial score (nSPS) is 22.5. The second-order valence-corrected chi connectivity index (χ2v) is 7.53. The number of hydrogen-bond donors (Lipinski definition) is 1. The maximum absolute atomic E-state index is 13.8. The molecule has 2 aromatic carbocycles. The lowest BCUT2D eigenvalue weighted by molar-refractivity contribution is -0.135. The highest BCUT2D eigenvalue weighted by Gasteiger charge is 2.53. The number of nitrogens with zero attached hydrogens (tertiary/aromatic N) is 1. The predicted molar refractivity (Wildman–Crippen MR) is 97.5 cm³/mol. The Morgan fingerprint density at radius 3 is 2.48 bits per heavy atom. The summed E-state index contributed by atoms with van der Waals surface area (Å²) in [5.41, 5.74) is -0.158. The molecular formula is C21H18F4N2O2. The largest absolute Gasteiger partial charge is 0.351 e. The van der Waals surface area contributed by atoms with Gasteiger partial charge in [-0.2, -0.15) is 0 Å². The van der Waals surface area contributed by atoms with Gasteiger partial charge in [-0.15, -0.1) is 0 Å². The Hall–Kier alpha value is -2.90. The summed E-state index contributed by atoms with van der Waals surface area (Å²) in [7, 11) is 0. The van der Waals surface area contributed by atoms with Gasteiger partial charge in [0.15, 0.2) is 17.2 Å². The van der Waals surface area contributed by atoms with Crippen molar-refractivity contribution in [2.45, 2.75) is 43.2 Å². The first kappa shape index (κ1) is 19.4. The molecule has 2 amide bonds. The molecule has 2 aromatic rings. The molecule has 1 saturated carbocycles. The van der Waals surface area contributed by atoms with Gasteiger partial charge >= 0.3 is 0 Å². The molecule has 0 radical (unpaired) electrons. The highest BCUT2D eigenvalue weighted by atomic mass is 19.3. The van der Waals surface area contributed by atoms with E-state index in [9.17, 15) is 27.2 Å². The number of carbonyl (C=O) groups excluding carboxylic acids is 2. The van der Waals surface area contributed by atoms with Crippen LogP contribution in [0.4, 0.5) is 23.2 Å². The van der Waals surface area contributed by atoms with Crippen molar-refractivity contribution in [1.29, 1.82) is 0 Å². The summed E-state index contributed by atoms with van der Waals surface area (Å²) in [6, 6.07) is 9.22. The molecule has 8 heteroatoms. The number of halogens is 4. The Balaban J connectivity index is 1.77. The van der Waals surface area contributed by atoms with Crippen LogP contribution in [0.2, 0.25) is 0 Å². The summed E-state index contributed by atoms with van der Waals surface area (Å²) in [6.07, 6.45) is 0.118. The Labute approximate surface area is 164 Å². The van der Waals surface area contributed by atoms with Crippen LogP contribution in [0.1, 0.15) is 30.4 Å². The van der Waals surface area contributed by atoms with Crippen LogP contribution in [0.3, 0.4) is 0 Å². The van der Waals surface area contributed by atoms with Gasteiger partial charge in [0.2, 0.25) is 6.41 Å². The Kier molecular flexibility index (Phi) is 4.59. The van der Waals surface area contributed by atoms with Gasteiger partial charge in [0, 0.05) is 30.6 Å². The van der Waals surface area contributed by atoms with Crippen LogP contribution in [-0.4, -0.2) is 24.3 Å². The molecule has 1 unspecified atom stereocenters. The zero-order chi connectivity index (χ0) is 20.8. The average molecular weight is 406 g/mol. The zero-order valence-corrected chi connectivity index (χ0v) is 15.3. The number of amides is 2. The highest BCUT2D eigenvalue weighted by molar-refractivity contribution is 5.98. The maximum atomic E-state index is 13.8. The summed E-state index contributed by atoms with van der Waals surface area (Å²) < 4.78 is 53.7. The van der Waals surface area contributed by atoms with E-state index in [1.165, 1.54) is 6.07 Å². The molecule has 1 N–H and O–H groups in total. The van der Waals surface area contributed by atoms with Crippen LogP contribution in [0, 0.1) is 11.6 Å². The summed E-state index contributed by atoms with van der Waals surface area (Å²) >= 11 is 0. The molecule has 1 atom stereocenters. The molecule has 0 aromatic heterocycles. The first-order valence-electron chi connectivity index (χ1n) is 9.24. The van der Waals surface area contributed by atoms with Crippen molar-refractivity contribution in [2.24, 2.45) is 0 Å². The first-order valence-corrected chi connectivity index (χ1v) is 9.24. The Morgan fingerprint density at radius 2 is 1.83 bits per heavy atom. The fourth-order valence-electron chi connectivity index (χ4n) is 4.26. The lowest BCUT2D eigenvalue weighted by atomic mass is 9.84. The third kappa shape index (κ3) is 3.16. The van der Waals surface area contributed by atoms with Gasteiger partial charge in [-0.25, -0.2) is 17.6 Å². The molecule has 0 saturated heterocycles. The minimum Gasteiger partial charge on any atom is -0.351 e. The van der Waals surface area contributed by atoms with Gasteiger partial charge < -0.3 is 5.32 Å². The molecule has 0 bridgehead atoms. The number of carbonyl (C=O) groups is 2. The smallest absolute Gasteiger partial charge is 0.252 e. The van der Waals surface area contributed by atoms with Crippen molar-refractivity contribution in [3.63, 3.8) is 0 Å². The first-order chi connectivity index (χ1) is 13.8. The molecule has 0 aliphatic heterocycles. The molecule has 29 heavy (non-hydrogen) atoms. The van der Waals surface area contributed by atoms with Gasteiger partial charge in [0.1, 0.15) is 0 Å². The number of rotatable bonds is 5. The van der Waals surface area contributed by atoms with Crippen LogP contribution >= 0.6 is 0 Å². The minimum atomic E-state index is -2.82. The van der Waals surface area contributed by atoms with E-state index in [0.717, 1.165) is 22.6 Å². The Morgan fingerprint density at radius 1 is 1.10 bits per heavy atom. The molecule has 4 rings (SSSR count). The van der Waals surface area contributed by atoms with Crippen LogP contribution in [0.25, 0.3) is 0 Å². The van der Waals surface area contributed by atoms with Crippen LogP contribution < -0.4 is 10.2 Å². The maximum Gasteiger partial charge on any atom is 0.252 e. The van der Waals surface area contributed by atoms with Gasteiger partial charge in [-0.3, -0.25) is 14.5 Å². The van der Waals surface area contributed by atoms with E-state index in [-0.39, 0.29) is 12.1 Å². The van der Waals surface area contributed by atoms with Crippen molar-refractivity contribution < 1.29 is 27.2 Å². The van der Waals surface area contributed by atoms with Crippen molar-refractivity contribution in [3.8, 4) is 0 Å². The van der Waals surface area contributed by atoms with E-state index in [2.05, 4.69) is 5.32 Å². The highest BCUT2D eigenvalue weighted by Crippen LogP contribution is 2.45. The van der Waals surface area contributed by atoms with E-state index >= 15 is 0 Å². The third-order valence-electron chi connectivity index (χ3n) is 5.72. The molecule has 152 valence electrons. The fraction of sp³-hybridized carbons (Fsp3) is 0.333. The third-order valence-corrected chi connectivity index (χ3v) is 5.72. The van der Waals surface area contributed by atoms with Gasteiger partial charge in [0.05, 0.1) is 0 Å². The van der Waals surface area contributed by atoms with Crippen LogP contribution in [0.5, 0.6) is 0 Å². The van der Waals surface area contributed by atoms with Gasteiger partial charge in [-0.1, -0.05) is 24.3 Å². The van der Waals surface area contributed by atoms with E-state index in [1.54, 1.807) is 18.2 Å². The summed E-state index contributed by atoms with van der Waals surface area (Å²) in [6.45, 7) is 0. The molecule has 0 heterocycles. The SMILES string of the molecule is O=CN(c1ccc(F)c(F)c1)C1(C(=O)NC2CC(F)(F)C2)CCc2ccccc21. The van der Waals surface area contributed by atoms with Gasteiger partial charge in [-0.05, 0) is 36.1 Å². The van der Waals surface area contributed by atoms with E-state index in [4.69, 9.17) is 0 Å². The van der Waals surface area contributed by atoms with Crippen molar-refractivity contribution in [1.82, 2.24) is 5.32 Å². The lowest BCUT2D eigenvalue weighted by Gasteiger charge is -2.42. The minimum absolute atomic E-state index is 0.00434.